The molecule has 4 heterocycles. The van der Waals surface area contributed by atoms with E-state index in [1.54, 1.807) is 24.5 Å². The van der Waals surface area contributed by atoms with Crippen molar-refractivity contribution in [3.05, 3.63) is 89.5 Å². The highest BCUT2D eigenvalue weighted by atomic mass is 19.1. The van der Waals surface area contributed by atoms with E-state index in [1.807, 2.05) is 26.4 Å². The van der Waals surface area contributed by atoms with E-state index < -0.39 is 0 Å². The molecule has 5 rings (SSSR count). The predicted molar refractivity (Wildman–Crippen MR) is 138 cm³/mol. The average molecular weight is 479 g/mol. The van der Waals surface area contributed by atoms with Crippen LogP contribution >= 0.6 is 0 Å². The van der Waals surface area contributed by atoms with Gasteiger partial charge >= 0.3 is 0 Å². The Morgan fingerprint density at radius 2 is 2.00 bits per heavy atom. The molecule has 0 aliphatic heterocycles. The summed E-state index contributed by atoms with van der Waals surface area (Å²) in [5.41, 5.74) is 11.9. The number of H-pyrrole nitrogens is 2. The highest BCUT2D eigenvalue weighted by molar-refractivity contribution is 5.92. The van der Waals surface area contributed by atoms with E-state index in [0.717, 1.165) is 28.6 Å². The van der Waals surface area contributed by atoms with Gasteiger partial charge in [-0.15, -0.1) is 6.42 Å². The molecule has 4 N–H and O–H groups in total. The molecule has 0 spiro atoms. The summed E-state index contributed by atoms with van der Waals surface area (Å²) in [4.78, 5) is 18.9. The van der Waals surface area contributed by atoms with Crippen molar-refractivity contribution in [2.75, 3.05) is 14.1 Å². The van der Waals surface area contributed by atoms with E-state index in [4.69, 9.17) is 17.1 Å². The van der Waals surface area contributed by atoms with E-state index in [2.05, 4.69) is 42.0 Å². The van der Waals surface area contributed by atoms with Gasteiger partial charge in [0.15, 0.2) is 11.5 Å². The minimum absolute atomic E-state index is 0.382. The summed E-state index contributed by atoms with van der Waals surface area (Å²) in [5, 5.41) is 8.10. The number of nitrogens with zero attached hydrogens (tertiary/aromatic N) is 5. The molecule has 9 heteroatoms. The number of aromatic amines is 2. The van der Waals surface area contributed by atoms with Gasteiger partial charge < -0.3 is 15.6 Å². The Labute approximate surface area is 207 Å². The van der Waals surface area contributed by atoms with Crippen LogP contribution in [-0.4, -0.2) is 49.1 Å². The van der Waals surface area contributed by atoms with Crippen LogP contribution in [0, 0.1) is 18.2 Å². The van der Waals surface area contributed by atoms with Crippen LogP contribution in [0.15, 0.2) is 61.2 Å². The Bertz CT molecular complexity index is 1640. The topological polar surface area (TPSA) is 112 Å². The van der Waals surface area contributed by atoms with Crippen LogP contribution in [0.2, 0.25) is 0 Å². The Kier molecular flexibility index (Phi) is 6.02. The minimum atomic E-state index is -0.382. The third-order valence-electron chi connectivity index (χ3n) is 5.68. The number of terminal acetylenes is 1. The molecular weight excluding hydrogens is 455 g/mol. The van der Waals surface area contributed by atoms with E-state index in [1.165, 1.54) is 18.3 Å². The standard InChI is InChI=1S/C27H23FN8/c1-4-23-24(22(11-29)17-6-5-7-20(28)9-17)33-27(32-23)25-21-10-19(14-31-26(21)35-34-25)18-8-16(12-30-13-18)15-36(2)3/h1,5-14H,15,29H2,2-3H3,(H,32,33)(H,31,34,35)/b22-11-. The first-order valence-electron chi connectivity index (χ1n) is 11.1. The highest BCUT2D eigenvalue weighted by Crippen LogP contribution is 2.31. The van der Waals surface area contributed by atoms with Gasteiger partial charge in [0.1, 0.15) is 22.9 Å². The van der Waals surface area contributed by atoms with Crippen LogP contribution in [0.1, 0.15) is 22.5 Å². The smallest absolute Gasteiger partial charge is 0.181 e. The second-order valence-corrected chi connectivity index (χ2v) is 8.56. The fourth-order valence-electron chi connectivity index (χ4n) is 4.09. The summed E-state index contributed by atoms with van der Waals surface area (Å²) in [7, 11) is 4.03. The molecule has 4 aromatic heterocycles. The molecule has 5 aromatic rings. The maximum Gasteiger partial charge on any atom is 0.181 e. The summed E-state index contributed by atoms with van der Waals surface area (Å²) in [6, 6.07) is 10.2. The average Bonchev–Trinajstić information content (AvgIpc) is 3.48. The third kappa shape index (κ3) is 4.33. The maximum absolute atomic E-state index is 13.9. The van der Waals surface area contributed by atoms with Gasteiger partial charge in [0.2, 0.25) is 0 Å². The number of halogens is 1. The lowest BCUT2D eigenvalue weighted by molar-refractivity contribution is 0.402. The second kappa shape index (κ2) is 9.44. The first-order valence-corrected chi connectivity index (χ1v) is 11.1. The van der Waals surface area contributed by atoms with Crippen molar-refractivity contribution in [2.24, 2.45) is 5.73 Å². The zero-order chi connectivity index (χ0) is 25.2. The molecule has 0 fully saturated rings. The summed E-state index contributed by atoms with van der Waals surface area (Å²) in [5.74, 6) is 2.70. The fourth-order valence-corrected chi connectivity index (χ4v) is 4.09. The van der Waals surface area contributed by atoms with E-state index in [9.17, 15) is 4.39 Å². The van der Waals surface area contributed by atoms with Crippen LogP contribution in [0.3, 0.4) is 0 Å². The molecule has 0 atom stereocenters. The van der Waals surface area contributed by atoms with Crippen LogP contribution in [0.25, 0.3) is 39.3 Å². The minimum Gasteiger partial charge on any atom is -0.404 e. The van der Waals surface area contributed by atoms with Gasteiger partial charge in [-0.2, -0.15) is 5.10 Å². The second-order valence-electron chi connectivity index (χ2n) is 8.56. The zero-order valence-electron chi connectivity index (χ0n) is 19.7. The summed E-state index contributed by atoms with van der Waals surface area (Å²) in [6.07, 6.45) is 12.6. The van der Waals surface area contributed by atoms with Crippen LogP contribution < -0.4 is 5.73 Å². The Morgan fingerprint density at radius 3 is 2.75 bits per heavy atom. The van der Waals surface area contributed by atoms with Gasteiger partial charge in [0.05, 0.1) is 5.39 Å². The molecule has 0 saturated carbocycles. The van der Waals surface area contributed by atoms with Crippen molar-refractivity contribution in [1.29, 1.82) is 0 Å². The fraction of sp³-hybridized carbons (Fsp3) is 0.111. The van der Waals surface area contributed by atoms with Crippen molar-refractivity contribution < 1.29 is 4.39 Å². The van der Waals surface area contributed by atoms with Crippen LogP contribution in [0.4, 0.5) is 4.39 Å². The highest BCUT2D eigenvalue weighted by Gasteiger charge is 2.19. The number of pyridine rings is 2. The lowest BCUT2D eigenvalue weighted by atomic mass is 10.0. The maximum atomic E-state index is 13.9. The molecule has 0 aliphatic rings. The number of hydrogen-bond acceptors (Lipinski definition) is 6. The number of fused-ring (bicyclic) bond motifs is 1. The molecular formula is C27H23FN8. The molecule has 0 amide bonds. The van der Waals surface area contributed by atoms with Crippen molar-refractivity contribution >= 4 is 16.6 Å². The molecule has 1 aromatic carbocycles. The lowest BCUT2D eigenvalue weighted by Crippen LogP contribution is -2.10. The molecule has 0 bridgehead atoms. The first-order chi connectivity index (χ1) is 17.5. The van der Waals surface area contributed by atoms with Gasteiger partial charge in [-0.05, 0) is 49.5 Å². The normalized spacial score (nSPS) is 11.8. The molecule has 8 nitrogen and oxygen atoms in total. The van der Waals surface area contributed by atoms with Crippen molar-refractivity contribution in [3.63, 3.8) is 0 Å². The van der Waals surface area contributed by atoms with Crippen LogP contribution in [-0.2, 0) is 6.54 Å². The molecule has 178 valence electrons. The number of nitrogens with one attached hydrogen (secondary N) is 2. The van der Waals surface area contributed by atoms with Gasteiger partial charge in [-0.25, -0.2) is 14.4 Å². The van der Waals surface area contributed by atoms with Gasteiger partial charge in [-0.3, -0.25) is 10.1 Å². The van der Waals surface area contributed by atoms with Gasteiger partial charge in [-0.1, -0.05) is 18.1 Å². The largest absolute Gasteiger partial charge is 0.404 e. The number of benzene rings is 1. The Morgan fingerprint density at radius 1 is 1.17 bits per heavy atom. The summed E-state index contributed by atoms with van der Waals surface area (Å²) < 4.78 is 13.9. The monoisotopic (exact) mass is 478 g/mol. The van der Waals surface area contributed by atoms with Crippen molar-refractivity contribution in [2.45, 2.75) is 6.54 Å². The molecule has 0 unspecified atom stereocenters. The molecule has 0 aliphatic carbocycles. The SMILES string of the molecule is C#Cc1[nH]c(-c2[nH]nc3ncc(-c4cncc(CN(C)C)c4)cc23)nc1/C(=C\N)c1cccc(F)c1. The Hall–Kier alpha value is -4.81. The predicted octanol–water partition coefficient (Wildman–Crippen LogP) is 3.94. The summed E-state index contributed by atoms with van der Waals surface area (Å²) >= 11 is 0. The van der Waals surface area contributed by atoms with E-state index >= 15 is 0 Å². The zero-order valence-corrected chi connectivity index (χ0v) is 19.7. The molecule has 0 saturated heterocycles. The van der Waals surface area contributed by atoms with Crippen LogP contribution in [0.5, 0.6) is 0 Å². The third-order valence-corrected chi connectivity index (χ3v) is 5.68. The van der Waals surface area contributed by atoms with E-state index in [0.29, 0.717) is 39.7 Å². The van der Waals surface area contributed by atoms with Crippen molar-refractivity contribution in [3.8, 4) is 35.0 Å². The number of rotatable bonds is 6. The number of nitrogens with two attached hydrogens (primary N) is 1. The van der Waals surface area contributed by atoms with E-state index in [-0.39, 0.29) is 5.82 Å². The van der Waals surface area contributed by atoms with Gasteiger partial charge in [0, 0.05) is 48.0 Å². The molecule has 36 heavy (non-hydrogen) atoms. The summed E-state index contributed by atoms with van der Waals surface area (Å²) in [6.45, 7) is 0.778. The van der Waals surface area contributed by atoms with Crippen molar-refractivity contribution in [1.82, 2.24) is 35.0 Å². The lowest BCUT2D eigenvalue weighted by Gasteiger charge is -2.10. The Balaban J connectivity index is 1.58. The van der Waals surface area contributed by atoms with Gasteiger partial charge in [0.25, 0.3) is 0 Å². The number of imidazole rings is 1. The quantitative estimate of drug-likeness (QED) is 0.319. The number of aromatic nitrogens is 6. The molecule has 0 radical (unpaired) electrons. The number of hydrogen-bond donors (Lipinski definition) is 3. The first kappa shape index (κ1) is 23.0.